The third-order valence-corrected chi connectivity index (χ3v) is 4.49. The van der Waals surface area contributed by atoms with Crippen LogP contribution in [0.5, 0.6) is 0 Å². The van der Waals surface area contributed by atoms with Crippen LogP contribution in [-0.2, 0) is 27.1 Å². The Hall–Kier alpha value is -2.08. The van der Waals surface area contributed by atoms with Gasteiger partial charge in [-0.1, -0.05) is 24.3 Å². The molecule has 2 aliphatic rings. The van der Waals surface area contributed by atoms with E-state index in [1.165, 1.54) is 18.2 Å². The molecule has 1 aliphatic heterocycles. The Labute approximate surface area is 135 Å². The molecule has 23 heavy (non-hydrogen) atoms. The molecule has 1 aliphatic carbocycles. The average Bonchev–Trinajstić information content (AvgIpc) is 2.61. The molecule has 0 bridgehead atoms. The number of urea groups is 1. The number of hydrogen-bond acceptors (Lipinski definition) is 4. The van der Waals surface area contributed by atoms with Gasteiger partial charge in [0.2, 0.25) is 0 Å². The Morgan fingerprint density at radius 1 is 1.30 bits per heavy atom. The van der Waals surface area contributed by atoms with Crippen molar-refractivity contribution in [2.24, 2.45) is 0 Å². The van der Waals surface area contributed by atoms with Gasteiger partial charge in [-0.15, -0.1) is 0 Å². The van der Waals surface area contributed by atoms with E-state index in [4.69, 9.17) is 4.74 Å². The number of nitrogens with one attached hydrogen (secondary N) is 1. The smallest absolute Gasteiger partial charge is 0.336 e. The van der Waals surface area contributed by atoms with Crippen LogP contribution in [0.1, 0.15) is 17.5 Å². The summed E-state index contributed by atoms with van der Waals surface area (Å²) in [7, 11) is 1.32. The van der Waals surface area contributed by atoms with Crippen molar-refractivity contribution < 1.29 is 19.1 Å². The molecule has 2 atom stereocenters. The van der Waals surface area contributed by atoms with E-state index in [1.54, 1.807) is 4.90 Å². The first-order chi connectivity index (χ1) is 11.2. The Kier molecular flexibility index (Phi) is 4.81. The molecular weight excluding hydrogens is 296 g/mol. The maximum Gasteiger partial charge on any atom is 0.336 e. The lowest BCUT2D eigenvalue weighted by molar-refractivity contribution is -0.158. The number of carbonyl (C=O) groups excluding carboxylic acids is 2. The van der Waals surface area contributed by atoms with Crippen LogP contribution < -0.4 is 5.32 Å². The maximum absolute atomic E-state index is 12.4. The van der Waals surface area contributed by atoms with Crippen molar-refractivity contribution in [1.82, 2.24) is 10.2 Å². The third kappa shape index (κ3) is 3.64. The summed E-state index contributed by atoms with van der Waals surface area (Å²) in [5.41, 5.74) is 2.67. The summed E-state index contributed by atoms with van der Waals surface area (Å²) in [6.07, 6.45) is 2.08. The Bertz CT molecular complexity index is 590. The number of fused-ring (bicyclic) bond motifs is 1. The number of benzene rings is 1. The summed E-state index contributed by atoms with van der Waals surface area (Å²) >= 11 is 0. The number of methoxy groups -OCH3 is 1. The van der Waals surface area contributed by atoms with Gasteiger partial charge < -0.3 is 19.7 Å². The van der Waals surface area contributed by atoms with E-state index in [9.17, 15) is 9.59 Å². The second-order valence-electron chi connectivity index (χ2n) is 5.99. The van der Waals surface area contributed by atoms with Gasteiger partial charge in [-0.25, -0.2) is 9.59 Å². The van der Waals surface area contributed by atoms with Gasteiger partial charge in [0.05, 0.1) is 20.3 Å². The van der Waals surface area contributed by atoms with Gasteiger partial charge in [-0.3, -0.25) is 0 Å². The van der Waals surface area contributed by atoms with Crippen molar-refractivity contribution in [1.29, 1.82) is 0 Å². The van der Waals surface area contributed by atoms with Crippen LogP contribution in [0.4, 0.5) is 4.79 Å². The highest BCUT2D eigenvalue weighted by Gasteiger charge is 2.31. The summed E-state index contributed by atoms with van der Waals surface area (Å²) in [6, 6.07) is 8.36. The molecular formula is C17H22N2O4. The predicted octanol–water partition coefficient (Wildman–Crippen LogP) is 1.13. The topological polar surface area (TPSA) is 67.9 Å². The van der Waals surface area contributed by atoms with Crippen molar-refractivity contribution in [2.45, 2.75) is 31.4 Å². The van der Waals surface area contributed by atoms with Crippen LogP contribution in [0.2, 0.25) is 0 Å². The Morgan fingerprint density at radius 3 is 2.87 bits per heavy atom. The molecule has 3 rings (SSSR count). The van der Waals surface area contributed by atoms with Gasteiger partial charge in [0.1, 0.15) is 0 Å². The highest BCUT2D eigenvalue weighted by molar-refractivity contribution is 5.78. The van der Waals surface area contributed by atoms with E-state index in [0.717, 1.165) is 19.3 Å². The number of ether oxygens (including phenoxy) is 2. The fraction of sp³-hybridized carbons (Fsp3) is 0.529. The first-order valence-corrected chi connectivity index (χ1v) is 7.99. The number of rotatable bonds is 2. The van der Waals surface area contributed by atoms with Gasteiger partial charge in [0.25, 0.3) is 0 Å². The number of hydrogen-bond donors (Lipinski definition) is 1. The average molecular weight is 318 g/mol. The van der Waals surface area contributed by atoms with Gasteiger partial charge in [0.15, 0.2) is 6.10 Å². The lowest BCUT2D eigenvalue weighted by Crippen LogP contribution is -2.54. The van der Waals surface area contributed by atoms with Crippen LogP contribution in [0, 0.1) is 0 Å². The quantitative estimate of drug-likeness (QED) is 0.830. The van der Waals surface area contributed by atoms with E-state index in [-0.39, 0.29) is 18.6 Å². The molecule has 1 heterocycles. The lowest BCUT2D eigenvalue weighted by Gasteiger charge is -2.33. The van der Waals surface area contributed by atoms with Crippen molar-refractivity contribution in [3.8, 4) is 0 Å². The first kappa shape index (κ1) is 15.8. The lowest BCUT2D eigenvalue weighted by atomic mass is 9.88. The monoisotopic (exact) mass is 318 g/mol. The Balaban J connectivity index is 1.56. The molecule has 0 saturated carbocycles. The number of amides is 2. The fourth-order valence-electron chi connectivity index (χ4n) is 3.19. The molecule has 0 radical (unpaired) electrons. The van der Waals surface area contributed by atoms with Gasteiger partial charge >= 0.3 is 12.0 Å². The minimum absolute atomic E-state index is 0.133. The van der Waals surface area contributed by atoms with Crippen LogP contribution >= 0.6 is 0 Å². The SMILES string of the molecule is COC(=O)[C@@H]1CN(C(=O)N[C@H]2CCc3ccccc3C2)CCO1. The normalized spacial score (nSPS) is 23.8. The zero-order valence-corrected chi connectivity index (χ0v) is 13.3. The predicted molar refractivity (Wildman–Crippen MR) is 84.1 cm³/mol. The second-order valence-corrected chi connectivity index (χ2v) is 5.99. The van der Waals surface area contributed by atoms with Gasteiger partial charge in [0, 0.05) is 12.6 Å². The Morgan fingerprint density at radius 2 is 2.09 bits per heavy atom. The summed E-state index contributed by atoms with van der Waals surface area (Å²) < 4.78 is 10.0. The van der Waals surface area contributed by atoms with Crippen molar-refractivity contribution in [3.05, 3.63) is 35.4 Å². The van der Waals surface area contributed by atoms with E-state index in [1.807, 2.05) is 6.07 Å². The number of morpholine rings is 1. The summed E-state index contributed by atoms with van der Waals surface area (Å²) in [6.45, 7) is 1.07. The zero-order chi connectivity index (χ0) is 16.2. The molecule has 124 valence electrons. The molecule has 1 fully saturated rings. The maximum atomic E-state index is 12.4. The fourth-order valence-corrected chi connectivity index (χ4v) is 3.19. The standard InChI is InChI=1S/C17H22N2O4/c1-22-16(20)15-11-19(8-9-23-15)17(21)18-14-7-6-12-4-2-3-5-13(12)10-14/h2-5,14-15H,6-11H2,1H3,(H,18,21)/t14-,15-/m0/s1. The number of aryl methyl sites for hydroxylation is 1. The molecule has 2 amide bonds. The van der Waals surface area contributed by atoms with E-state index in [2.05, 4.69) is 28.3 Å². The second kappa shape index (κ2) is 7.00. The van der Waals surface area contributed by atoms with Crippen molar-refractivity contribution in [2.75, 3.05) is 26.8 Å². The number of carbonyl (C=O) groups is 2. The van der Waals surface area contributed by atoms with Crippen LogP contribution in [0.3, 0.4) is 0 Å². The molecule has 1 saturated heterocycles. The first-order valence-electron chi connectivity index (χ1n) is 7.99. The highest BCUT2D eigenvalue weighted by Crippen LogP contribution is 2.21. The number of nitrogens with zero attached hydrogens (tertiary/aromatic N) is 1. The van der Waals surface area contributed by atoms with Gasteiger partial charge in [-0.2, -0.15) is 0 Å². The molecule has 1 aromatic carbocycles. The third-order valence-electron chi connectivity index (χ3n) is 4.49. The summed E-state index contributed by atoms with van der Waals surface area (Å²) in [5, 5.41) is 3.09. The van der Waals surface area contributed by atoms with Gasteiger partial charge in [-0.05, 0) is 30.4 Å². The number of esters is 1. The minimum Gasteiger partial charge on any atom is -0.467 e. The largest absolute Gasteiger partial charge is 0.467 e. The molecule has 0 aromatic heterocycles. The molecule has 0 spiro atoms. The molecule has 0 unspecified atom stereocenters. The molecule has 6 nitrogen and oxygen atoms in total. The van der Waals surface area contributed by atoms with E-state index < -0.39 is 12.1 Å². The van der Waals surface area contributed by atoms with Crippen molar-refractivity contribution in [3.63, 3.8) is 0 Å². The van der Waals surface area contributed by atoms with Crippen LogP contribution in [0.15, 0.2) is 24.3 Å². The molecule has 1 aromatic rings. The minimum atomic E-state index is -0.688. The van der Waals surface area contributed by atoms with E-state index >= 15 is 0 Å². The molecule has 1 N–H and O–H groups in total. The zero-order valence-electron chi connectivity index (χ0n) is 13.3. The summed E-state index contributed by atoms with van der Waals surface area (Å²) in [4.78, 5) is 25.6. The van der Waals surface area contributed by atoms with Crippen LogP contribution in [0.25, 0.3) is 0 Å². The van der Waals surface area contributed by atoms with Crippen molar-refractivity contribution >= 4 is 12.0 Å². The highest BCUT2D eigenvalue weighted by atomic mass is 16.6. The molecule has 6 heteroatoms. The van der Waals surface area contributed by atoms with Crippen LogP contribution in [-0.4, -0.2) is 55.9 Å². The summed E-state index contributed by atoms with van der Waals surface area (Å²) in [5.74, 6) is -0.436. The van der Waals surface area contributed by atoms with E-state index in [0.29, 0.717) is 13.2 Å².